The Bertz CT molecular complexity index is 5910. The van der Waals surface area contributed by atoms with E-state index in [2.05, 4.69) is 65.3 Å². The van der Waals surface area contributed by atoms with Gasteiger partial charge < -0.3 is 11.5 Å². The van der Waals surface area contributed by atoms with Crippen molar-refractivity contribution in [1.29, 1.82) is 0 Å². The molecule has 6 aromatic carbocycles. The first-order chi connectivity index (χ1) is 48.4. The standard InChI is InChI=1S/C24H14ClF2N7.C24H16ClFN8.C23H14ClF2N5O/c2*1-12-32-22-16(24-30-11-31-33-24)9-13(14-5-7-29-23(27)20(14)26)10-19(22)34(12)18-6-8-28-21-15(18)3-2-4-17(21)25;1-11-30-21-15(23(27)32)9-12(13-5-7-29-22(26)19(13)25)10-18(21)31(11)17-6-8-28-20-14(17)3-2-4-16(20)24/h2-11H,1H3,(H,30,31,33);2-11H,1H3,(H2,27,29)(H,30,31,33);2-10H,1H3,(H2,27,32). The summed E-state index contributed by atoms with van der Waals surface area (Å²) in [4.78, 5) is 58.8. The SMILES string of the molecule is Cc1nc2c(-c3ncn[nH]3)cc(-c3ccnc(F)c3F)cc2n1-c1ccnc2c(Cl)cccc12.Cc1nc2c(-c3ncn[nH]3)cc(-c3ccnc(N)c3F)cc2n1-c1ccnc2c(Cl)cccc12.Cc1nc2c(C(N)=O)cc(-c3ccnc(F)c3F)cc2n1-c1ccnc2c(Cl)cccc12. The van der Waals surface area contributed by atoms with Crippen LogP contribution in [0.25, 0.3) is 139 Å². The average Bonchev–Trinajstić information content (AvgIpc) is 1.58. The molecule has 0 aliphatic heterocycles. The van der Waals surface area contributed by atoms with E-state index in [-0.39, 0.29) is 28.1 Å². The summed E-state index contributed by atoms with van der Waals surface area (Å²) in [6.07, 6.45) is 11.7. The molecule has 0 aliphatic rings. The van der Waals surface area contributed by atoms with Crippen molar-refractivity contribution in [2.75, 3.05) is 5.73 Å². The number of hydrogen-bond acceptors (Lipinski definition) is 15. The Labute approximate surface area is 575 Å². The van der Waals surface area contributed by atoms with Crippen molar-refractivity contribution in [1.82, 2.24) is 88.9 Å². The first-order valence-corrected chi connectivity index (χ1v) is 31.3. The van der Waals surface area contributed by atoms with Gasteiger partial charge in [-0.15, -0.1) is 0 Å². The number of carbonyl (C=O) groups excluding carboxylic acids is 1. The summed E-state index contributed by atoms with van der Waals surface area (Å²) in [5.74, 6) is -3.10. The number of carbonyl (C=O) groups is 1. The van der Waals surface area contributed by atoms with Crippen LogP contribution in [0, 0.1) is 50.1 Å². The van der Waals surface area contributed by atoms with E-state index in [0.29, 0.717) is 116 Å². The molecule has 0 unspecified atom stereocenters. The fraction of sp³-hybridized carbons (Fsp3) is 0.0423. The number of nitrogens with zero attached hydrogens (tertiary/aromatic N) is 16. The lowest BCUT2D eigenvalue weighted by atomic mass is 10.0. The van der Waals surface area contributed by atoms with Crippen LogP contribution in [-0.4, -0.2) is 94.8 Å². The number of hydrogen-bond donors (Lipinski definition) is 4. The molecule has 0 aliphatic carbocycles. The van der Waals surface area contributed by atoms with Gasteiger partial charge in [0.1, 0.15) is 46.7 Å². The number of anilines is 1. The molecule has 29 heteroatoms. The van der Waals surface area contributed by atoms with Crippen LogP contribution >= 0.6 is 34.8 Å². The minimum Gasteiger partial charge on any atom is -0.381 e. The maximum Gasteiger partial charge on any atom is 0.250 e. The summed E-state index contributed by atoms with van der Waals surface area (Å²) in [5, 5.41) is 17.7. The van der Waals surface area contributed by atoms with Gasteiger partial charge in [-0.1, -0.05) is 71.2 Å². The fourth-order valence-corrected chi connectivity index (χ4v) is 13.1. The van der Waals surface area contributed by atoms with E-state index in [4.69, 9.17) is 56.2 Å². The normalized spacial score (nSPS) is 11.5. The number of imidazole rings is 3. The van der Waals surface area contributed by atoms with Gasteiger partial charge in [0.25, 0.3) is 5.91 Å². The van der Waals surface area contributed by atoms with E-state index >= 15 is 0 Å². The molecule has 0 atom stereocenters. The zero-order valence-corrected chi connectivity index (χ0v) is 54.3. The van der Waals surface area contributed by atoms with Crippen molar-refractivity contribution in [3.63, 3.8) is 0 Å². The third-order valence-electron chi connectivity index (χ3n) is 16.8. The van der Waals surface area contributed by atoms with E-state index < -0.39 is 35.3 Å². The summed E-state index contributed by atoms with van der Waals surface area (Å²) in [5.41, 5.74) is 22.3. The van der Waals surface area contributed by atoms with Gasteiger partial charge in [-0.05, 0) is 128 Å². The summed E-state index contributed by atoms with van der Waals surface area (Å²) in [6, 6.07) is 36.7. The highest BCUT2D eigenvalue weighted by atomic mass is 35.5. The highest BCUT2D eigenvalue weighted by Gasteiger charge is 2.26. The molecule has 0 bridgehead atoms. The number of nitrogen functional groups attached to an aromatic ring is 1. The zero-order chi connectivity index (χ0) is 69.4. The number of benzene rings is 6. The Balaban J connectivity index is 0.000000122. The van der Waals surface area contributed by atoms with E-state index in [0.717, 1.165) is 45.1 Å². The van der Waals surface area contributed by atoms with E-state index in [1.807, 2.05) is 77.6 Å². The molecule has 11 heterocycles. The second-order valence-electron chi connectivity index (χ2n) is 22.6. The molecule has 0 radical (unpaired) electrons. The van der Waals surface area contributed by atoms with Crippen molar-refractivity contribution in [2.24, 2.45) is 5.73 Å². The average molecular weight is 1390 g/mol. The van der Waals surface area contributed by atoms with Gasteiger partial charge in [-0.25, -0.2) is 53.0 Å². The van der Waals surface area contributed by atoms with E-state index in [1.165, 1.54) is 43.2 Å². The molecule has 21 nitrogen and oxygen atoms in total. The molecule has 490 valence electrons. The van der Waals surface area contributed by atoms with Gasteiger partial charge >= 0.3 is 0 Å². The number of nitrogens with one attached hydrogen (secondary N) is 2. The number of primary amides is 1. The number of nitrogens with two attached hydrogens (primary N) is 2. The fourth-order valence-electron chi connectivity index (χ4n) is 12.4. The van der Waals surface area contributed by atoms with E-state index in [1.54, 1.807) is 84.7 Å². The third kappa shape index (κ3) is 11.0. The Kier molecular flexibility index (Phi) is 16.2. The number of aromatic amines is 2. The highest BCUT2D eigenvalue weighted by molar-refractivity contribution is 6.36. The third-order valence-corrected chi connectivity index (χ3v) is 17.7. The number of aromatic nitrogens is 18. The van der Waals surface area contributed by atoms with Crippen LogP contribution in [0.5, 0.6) is 0 Å². The number of fused-ring (bicyclic) bond motifs is 6. The predicted molar refractivity (Wildman–Crippen MR) is 372 cm³/mol. The van der Waals surface area contributed by atoms with Crippen molar-refractivity contribution in [2.45, 2.75) is 20.8 Å². The maximum atomic E-state index is 15.0. The van der Waals surface area contributed by atoms with Gasteiger partial charge in [0.2, 0.25) is 11.9 Å². The topological polar surface area (TPSA) is 283 Å². The van der Waals surface area contributed by atoms with Gasteiger partial charge in [-0.2, -0.15) is 19.0 Å². The lowest BCUT2D eigenvalue weighted by Gasteiger charge is -2.13. The molecule has 0 spiro atoms. The van der Waals surface area contributed by atoms with Crippen LogP contribution in [0.2, 0.25) is 15.1 Å². The highest BCUT2D eigenvalue weighted by Crippen LogP contribution is 2.41. The lowest BCUT2D eigenvalue weighted by molar-refractivity contribution is 0.100. The Morgan fingerprint density at radius 1 is 0.410 bits per heavy atom. The lowest BCUT2D eigenvalue weighted by Crippen LogP contribution is -2.12. The summed E-state index contributed by atoms with van der Waals surface area (Å²) in [7, 11) is 0. The van der Waals surface area contributed by atoms with Crippen molar-refractivity contribution >= 4 is 112 Å². The number of H-pyrrole nitrogens is 2. The van der Waals surface area contributed by atoms with Gasteiger partial charge in [-0.3, -0.25) is 43.6 Å². The molecule has 6 N–H and O–H groups in total. The number of amides is 1. The number of para-hydroxylation sites is 3. The smallest absolute Gasteiger partial charge is 0.250 e. The van der Waals surface area contributed by atoms with Gasteiger partial charge in [0.15, 0.2) is 34.9 Å². The van der Waals surface area contributed by atoms with Gasteiger partial charge in [0, 0.05) is 81.2 Å². The molecule has 11 aromatic heterocycles. The molecular weight excluding hydrogens is 1350 g/mol. The van der Waals surface area contributed by atoms with Crippen LogP contribution in [0.4, 0.5) is 27.8 Å². The first kappa shape index (κ1) is 63.5. The monoisotopic (exact) mass is 1390 g/mol. The Hall–Kier alpha value is -12.5. The molecule has 100 heavy (non-hydrogen) atoms. The molecule has 0 fully saturated rings. The Morgan fingerprint density at radius 2 is 0.770 bits per heavy atom. The number of pyridine rings is 6. The quantitative estimate of drug-likeness (QED) is 0.0772. The zero-order valence-electron chi connectivity index (χ0n) is 52.0. The minimum absolute atomic E-state index is 0.0464. The van der Waals surface area contributed by atoms with E-state index in [9.17, 15) is 26.7 Å². The second-order valence-corrected chi connectivity index (χ2v) is 23.8. The molecular formula is C71H44Cl3F5N20O. The summed E-state index contributed by atoms with van der Waals surface area (Å²) >= 11 is 19.1. The number of halogens is 8. The summed E-state index contributed by atoms with van der Waals surface area (Å²) < 4.78 is 77.7. The maximum absolute atomic E-state index is 15.0. The van der Waals surface area contributed by atoms with Crippen LogP contribution in [0.3, 0.4) is 0 Å². The van der Waals surface area contributed by atoms with Crippen LogP contribution in [-0.2, 0) is 0 Å². The van der Waals surface area contributed by atoms with Crippen LogP contribution < -0.4 is 11.5 Å². The molecule has 0 saturated carbocycles. The molecule has 0 saturated heterocycles. The first-order valence-electron chi connectivity index (χ1n) is 30.1. The van der Waals surface area contributed by atoms with Crippen LogP contribution in [0.1, 0.15) is 27.8 Å². The molecule has 17 rings (SSSR count). The second kappa shape index (κ2) is 25.5. The predicted octanol–water partition coefficient (Wildman–Crippen LogP) is 15.7. The largest absolute Gasteiger partial charge is 0.381 e. The van der Waals surface area contributed by atoms with Crippen molar-refractivity contribution in [3.05, 3.63) is 245 Å². The van der Waals surface area contributed by atoms with Crippen molar-refractivity contribution in [3.8, 4) is 73.2 Å². The minimum atomic E-state index is -1.23. The number of aryl methyl sites for hydroxylation is 3. The van der Waals surface area contributed by atoms with Gasteiger partial charge in [0.05, 0.1) is 70.8 Å². The molecule has 1 amide bonds. The van der Waals surface area contributed by atoms with Crippen molar-refractivity contribution < 1.29 is 26.7 Å². The Morgan fingerprint density at radius 3 is 1.16 bits per heavy atom. The van der Waals surface area contributed by atoms with Crippen LogP contribution in [0.15, 0.2) is 177 Å². The molecule has 17 aromatic rings. The number of rotatable bonds is 9. The summed E-state index contributed by atoms with van der Waals surface area (Å²) in [6.45, 7) is 5.55.